The number of hydrogen-bond donors (Lipinski definition) is 2. The van der Waals surface area contributed by atoms with Crippen molar-refractivity contribution in [3.8, 4) is 0 Å². The molecule has 1 aromatic rings. The highest BCUT2D eigenvalue weighted by atomic mass is 16.1. The summed E-state index contributed by atoms with van der Waals surface area (Å²) in [6, 6.07) is 8.68. The van der Waals surface area contributed by atoms with Crippen LogP contribution in [0.1, 0.15) is 43.2 Å². The molecule has 3 heteroatoms. The molecule has 0 saturated heterocycles. The van der Waals surface area contributed by atoms with Crippen LogP contribution < -0.4 is 11.1 Å². The van der Waals surface area contributed by atoms with E-state index in [2.05, 4.69) is 29.6 Å². The summed E-state index contributed by atoms with van der Waals surface area (Å²) >= 11 is 0. The third-order valence-electron chi connectivity index (χ3n) is 5.27. The van der Waals surface area contributed by atoms with Gasteiger partial charge in [-0.25, -0.2) is 0 Å². The Morgan fingerprint density at radius 1 is 1.19 bits per heavy atom. The quantitative estimate of drug-likeness (QED) is 0.893. The van der Waals surface area contributed by atoms with Gasteiger partial charge in [-0.2, -0.15) is 0 Å². The normalized spacial score (nSPS) is 23.6. The van der Waals surface area contributed by atoms with Crippen LogP contribution in [0.25, 0.3) is 0 Å². The lowest BCUT2D eigenvalue weighted by Gasteiger charge is -2.28. The number of hydrogen-bond acceptors (Lipinski definition) is 2. The largest absolute Gasteiger partial charge is 0.352 e. The molecule has 2 aliphatic carbocycles. The average molecular weight is 286 g/mol. The molecule has 114 valence electrons. The van der Waals surface area contributed by atoms with E-state index in [9.17, 15) is 4.79 Å². The zero-order valence-electron chi connectivity index (χ0n) is 12.7. The molecule has 0 radical (unpaired) electrons. The zero-order valence-corrected chi connectivity index (χ0v) is 12.7. The summed E-state index contributed by atoms with van der Waals surface area (Å²) in [6.45, 7) is 0.569. The third-order valence-corrected chi connectivity index (χ3v) is 5.27. The van der Waals surface area contributed by atoms with Crippen molar-refractivity contribution in [1.82, 2.24) is 5.32 Å². The molecule has 1 aromatic carbocycles. The number of rotatable bonds is 4. The zero-order chi connectivity index (χ0) is 14.7. The molecule has 1 amide bonds. The summed E-state index contributed by atoms with van der Waals surface area (Å²) in [6.07, 6.45) is 7.87. The Kier molecular flexibility index (Phi) is 4.59. The second-order valence-electron chi connectivity index (χ2n) is 6.60. The number of carbonyl (C=O) groups excluding carboxylic acids is 1. The van der Waals surface area contributed by atoms with Crippen LogP contribution in [0.15, 0.2) is 24.3 Å². The first-order valence-electron chi connectivity index (χ1n) is 8.35. The summed E-state index contributed by atoms with van der Waals surface area (Å²) in [5, 5.41) is 3.25. The first-order valence-corrected chi connectivity index (χ1v) is 8.35. The van der Waals surface area contributed by atoms with Gasteiger partial charge in [-0.15, -0.1) is 0 Å². The molecule has 0 aliphatic heterocycles. The molecule has 0 aromatic heterocycles. The molecule has 1 fully saturated rings. The highest BCUT2D eigenvalue weighted by molar-refractivity contribution is 5.79. The fourth-order valence-corrected chi connectivity index (χ4v) is 3.95. The molecule has 2 unspecified atom stereocenters. The molecule has 3 nitrogen and oxygen atoms in total. The molecular formula is C18H26N2O. The van der Waals surface area contributed by atoms with Crippen LogP contribution in [-0.2, 0) is 17.6 Å². The number of amides is 1. The third kappa shape index (κ3) is 3.29. The molecule has 2 aliphatic rings. The minimum Gasteiger partial charge on any atom is -0.352 e. The minimum atomic E-state index is 0.121. The Labute approximate surface area is 127 Å². The number of carbonyl (C=O) groups is 1. The fraction of sp³-hybridized carbons (Fsp3) is 0.611. The summed E-state index contributed by atoms with van der Waals surface area (Å²) in [4.78, 5) is 12.6. The second-order valence-corrected chi connectivity index (χ2v) is 6.60. The van der Waals surface area contributed by atoms with Crippen LogP contribution in [0.3, 0.4) is 0 Å². The standard InChI is InChI=1S/C18H26N2O/c19-12-17(14-6-2-3-7-14)20-18(21)16-10-9-13-5-1-4-8-15(13)11-16/h1,4-5,8,14,16-17H,2-3,6-7,9-12,19H2,(H,20,21). The van der Waals surface area contributed by atoms with Gasteiger partial charge in [0.05, 0.1) is 0 Å². The lowest BCUT2D eigenvalue weighted by molar-refractivity contribution is -0.126. The summed E-state index contributed by atoms with van der Waals surface area (Å²) < 4.78 is 0. The van der Waals surface area contributed by atoms with Crippen LogP contribution >= 0.6 is 0 Å². The van der Waals surface area contributed by atoms with Gasteiger partial charge in [0.25, 0.3) is 0 Å². The second kappa shape index (κ2) is 6.61. The smallest absolute Gasteiger partial charge is 0.223 e. The van der Waals surface area contributed by atoms with Crippen molar-refractivity contribution in [3.63, 3.8) is 0 Å². The van der Waals surface area contributed by atoms with E-state index < -0.39 is 0 Å². The van der Waals surface area contributed by atoms with Gasteiger partial charge in [0.2, 0.25) is 5.91 Å². The molecule has 0 heterocycles. The maximum Gasteiger partial charge on any atom is 0.223 e. The van der Waals surface area contributed by atoms with Crippen LogP contribution in [0.5, 0.6) is 0 Å². The Morgan fingerprint density at radius 2 is 1.90 bits per heavy atom. The van der Waals surface area contributed by atoms with Crippen LogP contribution in [0, 0.1) is 11.8 Å². The van der Waals surface area contributed by atoms with Gasteiger partial charge in [0.1, 0.15) is 0 Å². The van der Waals surface area contributed by atoms with E-state index in [1.165, 1.54) is 36.8 Å². The highest BCUT2D eigenvalue weighted by Gasteiger charge is 2.29. The van der Waals surface area contributed by atoms with E-state index in [0.29, 0.717) is 12.5 Å². The maximum absolute atomic E-state index is 12.6. The molecule has 1 saturated carbocycles. The van der Waals surface area contributed by atoms with Crippen molar-refractivity contribution >= 4 is 5.91 Å². The monoisotopic (exact) mass is 286 g/mol. The summed E-state index contributed by atoms with van der Waals surface area (Å²) in [5.74, 6) is 0.928. The van der Waals surface area contributed by atoms with Crippen molar-refractivity contribution < 1.29 is 4.79 Å². The van der Waals surface area contributed by atoms with Crippen molar-refractivity contribution in [2.24, 2.45) is 17.6 Å². The number of aryl methyl sites for hydroxylation is 1. The van der Waals surface area contributed by atoms with E-state index in [0.717, 1.165) is 19.3 Å². The van der Waals surface area contributed by atoms with Gasteiger partial charge in [-0.3, -0.25) is 4.79 Å². The van der Waals surface area contributed by atoms with E-state index in [1.807, 2.05) is 0 Å². The Balaban J connectivity index is 1.60. The topological polar surface area (TPSA) is 55.1 Å². The average Bonchev–Trinajstić information content (AvgIpc) is 3.06. The van der Waals surface area contributed by atoms with Gasteiger partial charge >= 0.3 is 0 Å². The van der Waals surface area contributed by atoms with Crippen molar-refractivity contribution in [3.05, 3.63) is 35.4 Å². The minimum absolute atomic E-state index is 0.121. The fourth-order valence-electron chi connectivity index (χ4n) is 3.95. The van der Waals surface area contributed by atoms with Gasteiger partial charge in [-0.1, -0.05) is 37.1 Å². The van der Waals surface area contributed by atoms with Crippen molar-refractivity contribution in [2.45, 2.75) is 51.0 Å². The Morgan fingerprint density at radius 3 is 2.62 bits per heavy atom. The molecular weight excluding hydrogens is 260 g/mol. The van der Waals surface area contributed by atoms with Gasteiger partial charge in [-0.05, 0) is 49.1 Å². The number of benzene rings is 1. The van der Waals surface area contributed by atoms with Gasteiger partial charge in [0.15, 0.2) is 0 Å². The molecule has 3 rings (SSSR count). The van der Waals surface area contributed by atoms with E-state index in [4.69, 9.17) is 5.73 Å². The van der Waals surface area contributed by atoms with Crippen LogP contribution in [0.2, 0.25) is 0 Å². The van der Waals surface area contributed by atoms with E-state index in [-0.39, 0.29) is 17.9 Å². The first-order chi connectivity index (χ1) is 10.3. The Bertz CT molecular complexity index is 494. The molecule has 3 N–H and O–H groups in total. The van der Waals surface area contributed by atoms with E-state index in [1.54, 1.807) is 0 Å². The summed E-state index contributed by atoms with van der Waals surface area (Å²) in [5.41, 5.74) is 8.64. The number of nitrogens with one attached hydrogen (secondary N) is 1. The SMILES string of the molecule is NCC(NC(=O)C1CCc2ccccc2C1)C1CCCC1. The van der Waals surface area contributed by atoms with E-state index >= 15 is 0 Å². The lowest BCUT2D eigenvalue weighted by atomic mass is 9.83. The number of nitrogens with two attached hydrogens (primary N) is 1. The van der Waals surface area contributed by atoms with Crippen LogP contribution in [-0.4, -0.2) is 18.5 Å². The maximum atomic E-state index is 12.6. The van der Waals surface area contributed by atoms with Crippen molar-refractivity contribution in [1.29, 1.82) is 0 Å². The summed E-state index contributed by atoms with van der Waals surface area (Å²) in [7, 11) is 0. The van der Waals surface area contributed by atoms with Gasteiger partial charge in [0, 0.05) is 18.5 Å². The molecule has 2 atom stereocenters. The Hall–Kier alpha value is -1.35. The van der Waals surface area contributed by atoms with Gasteiger partial charge < -0.3 is 11.1 Å². The lowest BCUT2D eigenvalue weighted by Crippen LogP contribution is -2.47. The predicted octanol–water partition coefficient (Wildman–Crippen LogP) is 2.43. The molecule has 0 spiro atoms. The molecule has 21 heavy (non-hydrogen) atoms. The first kappa shape index (κ1) is 14.6. The molecule has 0 bridgehead atoms. The van der Waals surface area contributed by atoms with Crippen molar-refractivity contribution in [2.75, 3.05) is 6.54 Å². The highest BCUT2D eigenvalue weighted by Crippen LogP contribution is 2.29. The number of fused-ring (bicyclic) bond motifs is 1. The predicted molar refractivity (Wildman–Crippen MR) is 84.9 cm³/mol. The van der Waals surface area contributed by atoms with Crippen LogP contribution in [0.4, 0.5) is 0 Å².